The lowest BCUT2D eigenvalue weighted by molar-refractivity contribution is 0.158. The highest BCUT2D eigenvalue weighted by atomic mass is 16.3. The molecule has 7 nitrogen and oxygen atoms in total. The van der Waals surface area contributed by atoms with Crippen molar-refractivity contribution in [3.8, 4) is 0 Å². The van der Waals surface area contributed by atoms with E-state index in [0.717, 1.165) is 12.0 Å². The van der Waals surface area contributed by atoms with E-state index < -0.39 is 0 Å². The number of nitrogens with one attached hydrogen (secondary N) is 1. The van der Waals surface area contributed by atoms with Crippen LogP contribution in [0.25, 0.3) is 11.2 Å². The first-order chi connectivity index (χ1) is 8.61. The van der Waals surface area contributed by atoms with E-state index in [2.05, 4.69) is 21.5 Å². The number of hydrogen-bond acceptors (Lipinski definition) is 5. The second-order valence-corrected chi connectivity index (χ2v) is 4.49. The number of rotatable bonds is 2. The van der Waals surface area contributed by atoms with Gasteiger partial charge in [0.1, 0.15) is 0 Å². The van der Waals surface area contributed by atoms with Gasteiger partial charge in [-0.3, -0.25) is 9.78 Å². The minimum Gasteiger partial charge on any atom is -0.396 e. The van der Waals surface area contributed by atoms with Crippen molar-refractivity contribution < 1.29 is 5.11 Å². The zero-order valence-electron chi connectivity index (χ0n) is 9.63. The molecule has 4 N–H and O–H groups in total. The smallest absolute Gasteiger partial charge is 0.280 e. The second kappa shape index (κ2) is 3.67. The van der Waals surface area contributed by atoms with Crippen molar-refractivity contribution in [1.29, 1.82) is 0 Å². The highest BCUT2D eigenvalue weighted by Gasteiger charge is 2.36. The third-order valence-corrected chi connectivity index (χ3v) is 3.46. The summed E-state index contributed by atoms with van der Waals surface area (Å²) in [7, 11) is 0. The van der Waals surface area contributed by atoms with Crippen molar-refractivity contribution in [2.75, 3.05) is 12.3 Å². The summed E-state index contributed by atoms with van der Waals surface area (Å²) < 4.78 is 1.79. The molecule has 1 aliphatic rings. The van der Waals surface area contributed by atoms with Gasteiger partial charge in [-0.15, -0.1) is 0 Å². The zero-order chi connectivity index (χ0) is 12.9. The van der Waals surface area contributed by atoms with Crippen molar-refractivity contribution in [3.63, 3.8) is 0 Å². The van der Waals surface area contributed by atoms with Crippen molar-refractivity contribution >= 4 is 17.1 Å². The number of imidazole rings is 1. The number of nitrogens with zero attached hydrogens (tertiary/aromatic N) is 3. The van der Waals surface area contributed by atoms with Gasteiger partial charge < -0.3 is 15.4 Å². The van der Waals surface area contributed by atoms with Crippen LogP contribution in [0.4, 0.5) is 5.95 Å². The number of H-pyrrole nitrogens is 1. The van der Waals surface area contributed by atoms with E-state index in [-0.39, 0.29) is 35.6 Å². The molecule has 1 fully saturated rings. The largest absolute Gasteiger partial charge is 0.396 e. The fourth-order valence-electron chi connectivity index (χ4n) is 2.40. The predicted octanol–water partition coefficient (Wildman–Crippen LogP) is -0.189. The maximum absolute atomic E-state index is 11.6. The summed E-state index contributed by atoms with van der Waals surface area (Å²) in [4.78, 5) is 22.2. The van der Waals surface area contributed by atoms with Gasteiger partial charge in [-0.05, 0) is 6.42 Å². The molecule has 18 heavy (non-hydrogen) atoms. The highest BCUT2D eigenvalue weighted by molar-refractivity contribution is 5.70. The minimum atomic E-state index is -0.352. The third-order valence-electron chi connectivity index (χ3n) is 3.46. The van der Waals surface area contributed by atoms with Crippen LogP contribution >= 0.6 is 0 Å². The molecule has 2 atom stereocenters. The van der Waals surface area contributed by atoms with E-state index in [1.54, 1.807) is 10.9 Å². The molecular weight excluding hydrogens is 234 g/mol. The Morgan fingerprint density at radius 2 is 2.44 bits per heavy atom. The molecule has 0 aromatic carbocycles. The molecule has 0 aliphatic heterocycles. The molecular formula is C11H13N5O2. The molecule has 7 heteroatoms. The summed E-state index contributed by atoms with van der Waals surface area (Å²) in [5, 5.41) is 9.30. The Morgan fingerprint density at radius 1 is 1.67 bits per heavy atom. The summed E-state index contributed by atoms with van der Waals surface area (Å²) in [6.07, 6.45) is 2.32. The molecule has 3 rings (SSSR count). The third kappa shape index (κ3) is 1.37. The molecule has 2 unspecified atom stereocenters. The average Bonchev–Trinajstić information content (AvgIpc) is 2.69. The topological polar surface area (TPSA) is 110 Å². The fourth-order valence-corrected chi connectivity index (χ4v) is 2.40. The molecule has 2 heterocycles. The first-order valence-electron chi connectivity index (χ1n) is 5.62. The van der Waals surface area contributed by atoms with Crippen LogP contribution in [0.15, 0.2) is 23.3 Å². The standard InChI is InChI=1S/C11H13N5O2/c1-5-2-7(6(5)3-17)16-4-13-8-9(16)14-11(12)15-10(8)18/h4,6-7,17H,1-3H2,(H3,12,14,15,18). The van der Waals surface area contributed by atoms with E-state index in [1.807, 2.05) is 0 Å². The Morgan fingerprint density at radius 3 is 3.11 bits per heavy atom. The molecule has 0 spiro atoms. The van der Waals surface area contributed by atoms with Crippen LogP contribution in [0.5, 0.6) is 0 Å². The Bertz CT molecular complexity index is 686. The van der Waals surface area contributed by atoms with Crippen molar-refractivity contribution in [2.45, 2.75) is 12.5 Å². The minimum absolute atomic E-state index is 0.00953. The number of nitrogens with two attached hydrogens (primary N) is 1. The molecule has 94 valence electrons. The SMILES string of the molecule is C=C1CC(n2cnc3c(=O)[nH]c(N)nc32)C1CO. The monoisotopic (exact) mass is 247 g/mol. The number of fused-ring (bicyclic) bond motifs is 1. The van der Waals surface area contributed by atoms with Crippen LogP contribution in [0.2, 0.25) is 0 Å². The van der Waals surface area contributed by atoms with Crippen molar-refractivity contribution in [3.05, 3.63) is 28.8 Å². The number of aromatic nitrogens is 4. The van der Waals surface area contributed by atoms with E-state index in [4.69, 9.17) is 5.73 Å². The van der Waals surface area contributed by atoms with Gasteiger partial charge in [-0.1, -0.05) is 12.2 Å². The quantitative estimate of drug-likeness (QED) is 0.637. The Kier molecular flexibility index (Phi) is 2.24. The maximum Gasteiger partial charge on any atom is 0.280 e. The van der Waals surface area contributed by atoms with Crippen LogP contribution in [-0.2, 0) is 0 Å². The lowest BCUT2D eigenvalue weighted by atomic mass is 9.75. The van der Waals surface area contributed by atoms with Crippen LogP contribution in [0, 0.1) is 5.92 Å². The van der Waals surface area contributed by atoms with Gasteiger partial charge in [0.25, 0.3) is 5.56 Å². The first-order valence-corrected chi connectivity index (χ1v) is 5.62. The van der Waals surface area contributed by atoms with Gasteiger partial charge in [0, 0.05) is 12.0 Å². The molecule has 0 radical (unpaired) electrons. The molecule has 0 saturated heterocycles. The number of aliphatic hydroxyl groups is 1. The number of aliphatic hydroxyl groups excluding tert-OH is 1. The zero-order valence-corrected chi connectivity index (χ0v) is 9.63. The molecule has 2 aromatic rings. The second-order valence-electron chi connectivity index (χ2n) is 4.49. The van der Waals surface area contributed by atoms with Gasteiger partial charge in [-0.25, -0.2) is 4.98 Å². The Labute approximate surface area is 102 Å². The van der Waals surface area contributed by atoms with Crippen molar-refractivity contribution in [2.24, 2.45) is 5.92 Å². The fraction of sp³-hybridized carbons (Fsp3) is 0.364. The van der Waals surface area contributed by atoms with Gasteiger partial charge in [0.2, 0.25) is 5.95 Å². The Hall–Kier alpha value is -2.15. The number of aromatic amines is 1. The number of nitrogen functional groups attached to an aromatic ring is 1. The van der Waals surface area contributed by atoms with Gasteiger partial charge in [0.05, 0.1) is 12.9 Å². The van der Waals surface area contributed by atoms with Gasteiger partial charge >= 0.3 is 0 Å². The van der Waals surface area contributed by atoms with Gasteiger partial charge in [-0.2, -0.15) is 4.98 Å². The molecule has 2 aromatic heterocycles. The van der Waals surface area contributed by atoms with Crippen LogP contribution < -0.4 is 11.3 Å². The number of hydrogen-bond donors (Lipinski definition) is 3. The summed E-state index contributed by atoms with van der Waals surface area (Å²) in [5.41, 5.74) is 6.90. The summed E-state index contributed by atoms with van der Waals surface area (Å²) in [6.45, 7) is 3.91. The van der Waals surface area contributed by atoms with E-state index >= 15 is 0 Å². The first kappa shape index (κ1) is 11.0. The van der Waals surface area contributed by atoms with E-state index in [9.17, 15) is 9.90 Å². The van der Waals surface area contributed by atoms with Crippen LogP contribution in [-0.4, -0.2) is 31.2 Å². The summed E-state index contributed by atoms with van der Waals surface area (Å²) in [6, 6.07) is 0.0428. The molecule has 0 bridgehead atoms. The van der Waals surface area contributed by atoms with Gasteiger partial charge in [0.15, 0.2) is 11.2 Å². The maximum atomic E-state index is 11.6. The van der Waals surface area contributed by atoms with Crippen molar-refractivity contribution in [1.82, 2.24) is 19.5 Å². The Balaban J connectivity index is 2.14. The summed E-state index contributed by atoms with van der Waals surface area (Å²) >= 11 is 0. The lowest BCUT2D eigenvalue weighted by Crippen LogP contribution is -2.33. The predicted molar refractivity (Wildman–Crippen MR) is 65.9 cm³/mol. The number of anilines is 1. The molecule has 0 amide bonds. The average molecular weight is 247 g/mol. The lowest BCUT2D eigenvalue weighted by Gasteiger charge is -2.38. The van der Waals surface area contributed by atoms with E-state index in [0.29, 0.717) is 5.65 Å². The molecule has 1 aliphatic carbocycles. The van der Waals surface area contributed by atoms with Crippen LogP contribution in [0.3, 0.4) is 0 Å². The van der Waals surface area contributed by atoms with E-state index in [1.165, 1.54) is 0 Å². The van der Waals surface area contributed by atoms with Crippen LogP contribution in [0.1, 0.15) is 12.5 Å². The molecule has 1 saturated carbocycles. The summed E-state index contributed by atoms with van der Waals surface area (Å²) in [5.74, 6) is 0.0534. The highest BCUT2D eigenvalue weighted by Crippen LogP contribution is 2.42. The normalized spacial score (nSPS) is 23.3.